The normalized spacial score (nSPS) is 13.6. The minimum Gasteiger partial charge on any atom is -0.385 e. The average molecular weight is 261 g/mol. The Morgan fingerprint density at radius 1 is 1.33 bits per heavy atom. The predicted molar refractivity (Wildman–Crippen MR) is 64.2 cm³/mol. The second kappa shape index (κ2) is 6.75. The largest absolute Gasteiger partial charge is 0.416 e. The van der Waals surface area contributed by atoms with Gasteiger partial charge in [-0.15, -0.1) is 0 Å². The fraction of sp³-hybridized carbons (Fsp3) is 0.538. The van der Waals surface area contributed by atoms with Crippen LogP contribution in [0.3, 0.4) is 0 Å². The number of ether oxygens (including phenoxy) is 1. The molecule has 1 rings (SSSR count). The van der Waals surface area contributed by atoms with Gasteiger partial charge in [-0.1, -0.05) is 18.2 Å². The lowest BCUT2D eigenvalue weighted by Gasteiger charge is -2.14. The van der Waals surface area contributed by atoms with Crippen molar-refractivity contribution in [1.29, 1.82) is 0 Å². The van der Waals surface area contributed by atoms with Gasteiger partial charge in [0.2, 0.25) is 0 Å². The number of hydrogen-bond acceptors (Lipinski definition) is 2. The monoisotopic (exact) mass is 261 g/mol. The molecule has 2 nitrogen and oxygen atoms in total. The van der Waals surface area contributed by atoms with E-state index in [4.69, 9.17) is 4.74 Å². The summed E-state index contributed by atoms with van der Waals surface area (Å²) in [5.41, 5.74) is 0.0282. The molecule has 18 heavy (non-hydrogen) atoms. The molecule has 0 aliphatic carbocycles. The van der Waals surface area contributed by atoms with Crippen molar-refractivity contribution in [3.63, 3.8) is 0 Å². The maximum atomic E-state index is 12.5. The van der Waals surface area contributed by atoms with E-state index in [1.165, 1.54) is 12.1 Å². The van der Waals surface area contributed by atoms with E-state index >= 15 is 0 Å². The standard InChI is InChI=1S/C13H18F3NO/c1-10(6-7-18-2)17-9-11-4-3-5-12(8-11)13(14,15)16/h3-5,8,10,17H,6-7,9H2,1-2H3. The summed E-state index contributed by atoms with van der Waals surface area (Å²) < 4.78 is 42.4. The Bertz CT molecular complexity index is 365. The van der Waals surface area contributed by atoms with Crippen LogP contribution in [0.5, 0.6) is 0 Å². The van der Waals surface area contributed by atoms with Gasteiger partial charge in [-0.2, -0.15) is 13.2 Å². The van der Waals surface area contributed by atoms with Gasteiger partial charge in [-0.05, 0) is 25.0 Å². The van der Waals surface area contributed by atoms with E-state index in [9.17, 15) is 13.2 Å². The molecule has 1 aromatic carbocycles. The van der Waals surface area contributed by atoms with Gasteiger partial charge in [-0.3, -0.25) is 0 Å². The number of alkyl halides is 3. The maximum Gasteiger partial charge on any atom is 0.416 e. The molecular formula is C13H18F3NO. The van der Waals surface area contributed by atoms with E-state index in [1.807, 2.05) is 6.92 Å². The quantitative estimate of drug-likeness (QED) is 0.849. The summed E-state index contributed by atoms with van der Waals surface area (Å²) in [5.74, 6) is 0. The topological polar surface area (TPSA) is 21.3 Å². The zero-order valence-corrected chi connectivity index (χ0v) is 10.6. The molecule has 0 amide bonds. The molecule has 5 heteroatoms. The van der Waals surface area contributed by atoms with Gasteiger partial charge in [-0.25, -0.2) is 0 Å². The van der Waals surface area contributed by atoms with Gasteiger partial charge in [0, 0.05) is 26.3 Å². The fourth-order valence-corrected chi connectivity index (χ4v) is 1.55. The molecule has 0 saturated carbocycles. The Kier molecular flexibility index (Phi) is 5.62. The van der Waals surface area contributed by atoms with E-state index in [1.54, 1.807) is 13.2 Å². The molecule has 0 aromatic heterocycles. The van der Waals surface area contributed by atoms with Crippen molar-refractivity contribution in [3.8, 4) is 0 Å². The Morgan fingerprint density at radius 2 is 2.06 bits per heavy atom. The number of halogens is 3. The van der Waals surface area contributed by atoms with Crippen LogP contribution in [-0.2, 0) is 17.5 Å². The lowest BCUT2D eigenvalue weighted by molar-refractivity contribution is -0.137. The van der Waals surface area contributed by atoms with Crippen LogP contribution in [0, 0.1) is 0 Å². The van der Waals surface area contributed by atoms with Gasteiger partial charge >= 0.3 is 6.18 Å². The number of methoxy groups -OCH3 is 1. The Morgan fingerprint density at radius 3 is 2.67 bits per heavy atom. The highest BCUT2D eigenvalue weighted by Crippen LogP contribution is 2.29. The smallest absolute Gasteiger partial charge is 0.385 e. The maximum absolute atomic E-state index is 12.5. The summed E-state index contributed by atoms with van der Waals surface area (Å²) in [6.45, 7) is 3.04. The molecule has 0 heterocycles. The Hall–Kier alpha value is -1.07. The van der Waals surface area contributed by atoms with Crippen LogP contribution in [0.15, 0.2) is 24.3 Å². The molecule has 1 aromatic rings. The van der Waals surface area contributed by atoms with Gasteiger partial charge in [0.1, 0.15) is 0 Å². The third-order valence-electron chi connectivity index (χ3n) is 2.66. The van der Waals surface area contributed by atoms with Crippen LogP contribution in [0.1, 0.15) is 24.5 Å². The zero-order chi connectivity index (χ0) is 13.6. The molecule has 0 fully saturated rings. The summed E-state index contributed by atoms with van der Waals surface area (Å²) in [5, 5.41) is 3.17. The lowest BCUT2D eigenvalue weighted by Crippen LogP contribution is -2.26. The van der Waals surface area contributed by atoms with E-state index < -0.39 is 11.7 Å². The molecule has 102 valence electrons. The Labute approximate surface area is 105 Å². The number of benzene rings is 1. The SMILES string of the molecule is COCCC(C)NCc1cccc(C(F)(F)F)c1. The highest BCUT2D eigenvalue weighted by Gasteiger charge is 2.30. The zero-order valence-electron chi connectivity index (χ0n) is 10.6. The van der Waals surface area contributed by atoms with Gasteiger partial charge in [0.25, 0.3) is 0 Å². The van der Waals surface area contributed by atoms with Crippen LogP contribution < -0.4 is 5.32 Å². The summed E-state index contributed by atoms with van der Waals surface area (Å²) in [7, 11) is 1.62. The van der Waals surface area contributed by atoms with E-state index in [0.717, 1.165) is 12.5 Å². The molecule has 0 aliphatic heterocycles. The molecule has 1 unspecified atom stereocenters. The van der Waals surface area contributed by atoms with Crippen LogP contribution in [0.2, 0.25) is 0 Å². The molecule has 0 bridgehead atoms. The van der Waals surface area contributed by atoms with Crippen LogP contribution in [0.25, 0.3) is 0 Å². The minimum absolute atomic E-state index is 0.208. The first-order valence-corrected chi connectivity index (χ1v) is 5.82. The van der Waals surface area contributed by atoms with Crippen molar-refractivity contribution in [2.45, 2.75) is 32.1 Å². The average Bonchev–Trinajstić information content (AvgIpc) is 2.33. The first-order chi connectivity index (χ1) is 8.43. The molecule has 0 spiro atoms. The molecule has 0 radical (unpaired) electrons. The van der Waals surface area contributed by atoms with Crippen LogP contribution in [-0.4, -0.2) is 19.8 Å². The van der Waals surface area contributed by atoms with Crippen LogP contribution >= 0.6 is 0 Å². The first-order valence-electron chi connectivity index (χ1n) is 5.82. The van der Waals surface area contributed by atoms with Crippen molar-refractivity contribution in [3.05, 3.63) is 35.4 Å². The number of nitrogens with one attached hydrogen (secondary N) is 1. The molecule has 0 aliphatic rings. The highest BCUT2D eigenvalue weighted by atomic mass is 19.4. The fourth-order valence-electron chi connectivity index (χ4n) is 1.55. The van der Waals surface area contributed by atoms with Gasteiger partial charge < -0.3 is 10.1 Å². The third-order valence-corrected chi connectivity index (χ3v) is 2.66. The van der Waals surface area contributed by atoms with Crippen molar-refractivity contribution >= 4 is 0 Å². The summed E-state index contributed by atoms with van der Waals surface area (Å²) in [6, 6.07) is 5.58. The van der Waals surface area contributed by atoms with E-state index in [0.29, 0.717) is 18.7 Å². The Balaban J connectivity index is 2.52. The number of rotatable bonds is 6. The van der Waals surface area contributed by atoms with Gasteiger partial charge in [0.15, 0.2) is 0 Å². The summed E-state index contributed by atoms with van der Waals surface area (Å²) in [4.78, 5) is 0. The predicted octanol–water partition coefficient (Wildman–Crippen LogP) is 3.22. The lowest BCUT2D eigenvalue weighted by atomic mass is 10.1. The van der Waals surface area contributed by atoms with Crippen molar-refractivity contribution in [2.24, 2.45) is 0 Å². The van der Waals surface area contributed by atoms with E-state index in [2.05, 4.69) is 5.32 Å². The second-order valence-corrected chi connectivity index (χ2v) is 4.26. The van der Waals surface area contributed by atoms with Crippen LogP contribution in [0.4, 0.5) is 13.2 Å². The summed E-state index contributed by atoms with van der Waals surface area (Å²) >= 11 is 0. The summed E-state index contributed by atoms with van der Waals surface area (Å²) in [6.07, 6.45) is -3.45. The number of hydrogen-bond donors (Lipinski definition) is 1. The first kappa shape index (κ1) is 15.0. The molecule has 1 N–H and O–H groups in total. The molecule has 1 atom stereocenters. The second-order valence-electron chi connectivity index (χ2n) is 4.26. The highest BCUT2D eigenvalue weighted by molar-refractivity contribution is 5.25. The third kappa shape index (κ3) is 5.06. The van der Waals surface area contributed by atoms with Crippen molar-refractivity contribution in [1.82, 2.24) is 5.32 Å². The van der Waals surface area contributed by atoms with E-state index in [-0.39, 0.29) is 6.04 Å². The van der Waals surface area contributed by atoms with Crippen molar-refractivity contribution in [2.75, 3.05) is 13.7 Å². The van der Waals surface area contributed by atoms with Crippen molar-refractivity contribution < 1.29 is 17.9 Å². The molecule has 0 saturated heterocycles. The molecular weight excluding hydrogens is 243 g/mol. The minimum atomic E-state index is -4.28. The van der Waals surface area contributed by atoms with Gasteiger partial charge in [0.05, 0.1) is 5.56 Å².